The molecule has 12 heteroatoms. The van der Waals surface area contributed by atoms with Crippen LogP contribution in [0, 0.1) is 18.6 Å². The minimum Gasteiger partial charge on any atom is -0.492 e. The van der Waals surface area contributed by atoms with Crippen molar-refractivity contribution in [3.05, 3.63) is 64.4 Å². The maximum atomic E-state index is 14.8. The van der Waals surface area contributed by atoms with Gasteiger partial charge in [-0.2, -0.15) is 13.2 Å². The van der Waals surface area contributed by atoms with Crippen LogP contribution in [-0.4, -0.2) is 33.8 Å². The van der Waals surface area contributed by atoms with E-state index in [4.69, 9.17) is 16.3 Å². The Morgan fingerprint density at radius 3 is 2.56 bits per heavy atom. The minimum absolute atomic E-state index is 0.0377. The number of aromatic hydroxyl groups is 1. The molecule has 0 aliphatic rings. The van der Waals surface area contributed by atoms with Crippen molar-refractivity contribution in [1.82, 2.24) is 9.97 Å². The van der Waals surface area contributed by atoms with Crippen molar-refractivity contribution in [2.75, 3.05) is 11.9 Å². The number of benzene rings is 2. The van der Waals surface area contributed by atoms with E-state index in [2.05, 4.69) is 15.3 Å². The number of rotatable bonds is 5. The minimum atomic E-state index is -4.76. The monoisotopic (exact) mass is 473 g/mol. The average Bonchev–Trinajstić information content (AvgIpc) is 2.71. The van der Waals surface area contributed by atoms with E-state index in [-0.39, 0.29) is 22.0 Å². The molecule has 1 heterocycles. The van der Waals surface area contributed by atoms with Gasteiger partial charge in [-0.1, -0.05) is 17.7 Å². The molecule has 0 saturated carbocycles. The number of halogens is 6. The van der Waals surface area contributed by atoms with Gasteiger partial charge < -0.3 is 15.2 Å². The Hall–Kier alpha value is -3.47. The van der Waals surface area contributed by atoms with Gasteiger partial charge in [0.25, 0.3) is 5.91 Å². The molecule has 1 aromatic heterocycles. The summed E-state index contributed by atoms with van der Waals surface area (Å²) in [4.78, 5) is 20.2. The molecular weight excluding hydrogens is 461 g/mol. The Balaban J connectivity index is 2.06. The number of alkyl halides is 3. The van der Waals surface area contributed by atoms with Gasteiger partial charge >= 0.3 is 6.18 Å². The van der Waals surface area contributed by atoms with Crippen LogP contribution in [0.25, 0.3) is 11.3 Å². The smallest absolute Gasteiger partial charge is 0.422 e. The van der Waals surface area contributed by atoms with Gasteiger partial charge in [-0.3, -0.25) is 4.79 Å². The van der Waals surface area contributed by atoms with Gasteiger partial charge in [0, 0.05) is 5.56 Å². The van der Waals surface area contributed by atoms with E-state index >= 15 is 0 Å². The molecular formula is C20H13ClF5N3O3. The number of ether oxygens (including phenoxy) is 1. The number of hydrogen-bond donors (Lipinski definition) is 2. The van der Waals surface area contributed by atoms with Crippen LogP contribution in [-0.2, 0) is 0 Å². The molecule has 6 nitrogen and oxygen atoms in total. The highest BCUT2D eigenvalue weighted by atomic mass is 35.5. The van der Waals surface area contributed by atoms with E-state index in [0.717, 1.165) is 18.3 Å². The van der Waals surface area contributed by atoms with E-state index in [1.54, 1.807) is 0 Å². The molecule has 32 heavy (non-hydrogen) atoms. The summed E-state index contributed by atoms with van der Waals surface area (Å²) in [5.41, 5.74) is -1.50. The number of carbonyl (C=O) groups is 1. The number of amides is 1. The summed E-state index contributed by atoms with van der Waals surface area (Å²) in [6.45, 7) is -0.399. The Morgan fingerprint density at radius 1 is 1.22 bits per heavy atom. The molecule has 2 N–H and O–H groups in total. The predicted molar refractivity (Wildman–Crippen MR) is 105 cm³/mol. The topological polar surface area (TPSA) is 84.3 Å². The fraction of sp³-hybridized carbons (Fsp3) is 0.150. The molecule has 0 unspecified atom stereocenters. The molecule has 2 aromatic carbocycles. The van der Waals surface area contributed by atoms with E-state index in [1.165, 1.54) is 19.1 Å². The van der Waals surface area contributed by atoms with E-state index in [9.17, 15) is 31.9 Å². The number of aromatic nitrogens is 2. The Morgan fingerprint density at radius 2 is 1.94 bits per heavy atom. The predicted octanol–water partition coefficient (Wildman–Crippen LogP) is 5.28. The van der Waals surface area contributed by atoms with Crippen molar-refractivity contribution in [1.29, 1.82) is 0 Å². The van der Waals surface area contributed by atoms with Gasteiger partial charge in [0.1, 0.15) is 17.4 Å². The zero-order chi connectivity index (χ0) is 23.6. The number of hydrogen-bond acceptors (Lipinski definition) is 5. The molecule has 0 bridgehead atoms. The van der Waals surface area contributed by atoms with Crippen molar-refractivity contribution in [3.8, 4) is 22.9 Å². The number of anilines is 1. The number of nitrogens with zero attached hydrogens (tertiary/aromatic N) is 2. The van der Waals surface area contributed by atoms with Crippen LogP contribution in [0.5, 0.6) is 11.6 Å². The molecule has 1 amide bonds. The lowest BCUT2D eigenvalue weighted by atomic mass is 10.1. The summed E-state index contributed by atoms with van der Waals surface area (Å²) in [7, 11) is 0. The zero-order valence-corrected chi connectivity index (χ0v) is 16.9. The van der Waals surface area contributed by atoms with Gasteiger partial charge in [-0.05, 0) is 31.2 Å². The Bertz CT molecular complexity index is 1170. The van der Waals surface area contributed by atoms with Crippen LogP contribution < -0.4 is 10.1 Å². The van der Waals surface area contributed by atoms with E-state index in [1.807, 2.05) is 0 Å². The highest BCUT2D eigenvalue weighted by Gasteiger charge is 2.30. The van der Waals surface area contributed by atoms with Crippen molar-refractivity contribution < 1.29 is 36.6 Å². The maximum absolute atomic E-state index is 14.8. The molecule has 0 fully saturated rings. The highest BCUT2D eigenvalue weighted by Crippen LogP contribution is 2.33. The molecule has 0 atom stereocenters. The van der Waals surface area contributed by atoms with Crippen molar-refractivity contribution >= 4 is 23.2 Å². The van der Waals surface area contributed by atoms with Crippen LogP contribution in [0.2, 0.25) is 5.02 Å². The first-order chi connectivity index (χ1) is 15.0. The fourth-order valence-corrected chi connectivity index (χ4v) is 2.82. The van der Waals surface area contributed by atoms with Crippen molar-refractivity contribution in [2.24, 2.45) is 0 Å². The summed E-state index contributed by atoms with van der Waals surface area (Å²) in [5, 5.41) is 11.4. The van der Waals surface area contributed by atoms with Crippen LogP contribution in [0.15, 0.2) is 36.5 Å². The van der Waals surface area contributed by atoms with E-state index < -0.39 is 53.2 Å². The van der Waals surface area contributed by atoms with Crippen LogP contribution in [0.1, 0.15) is 16.1 Å². The second kappa shape index (κ2) is 8.95. The van der Waals surface area contributed by atoms with Crippen molar-refractivity contribution in [2.45, 2.75) is 13.1 Å². The number of carbonyl (C=O) groups excluding carboxylic acids is 1. The zero-order valence-electron chi connectivity index (χ0n) is 16.1. The van der Waals surface area contributed by atoms with Gasteiger partial charge in [-0.25, -0.2) is 18.7 Å². The molecule has 0 spiro atoms. The third kappa shape index (κ3) is 5.22. The van der Waals surface area contributed by atoms with Crippen LogP contribution >= 0.6 is 11.6 Å². The Labute approximate surface area is 182 Å². The molecule has 3 aromatic rings. The molecule has 0 aliphatic carbocycles. The average molecular weight is 474 g/mol. The largest absolute Gasteiger partial charge is 0.492 e. The summed E-state index contributed by atoms with van der Waals surface area (Å²) in [5.74, 6) is -4.17. The standard InChI is InChI=1S/C20H13ClF5N3O3/c1-9-18(30)27-7-15(28-9)10-6-16(32-8-20(24,25)26)11(5-14(10)23)19(31)29-17-12(21)3-2-4-13(17)22/h2-7H,8H2,1H3,(H,27,30)(H,29,31). The summed E-state index contributed by atoms with van der Waals surface area (Å²) >= 11 is 5.84. The van der Waals surface area contributed by atoms with Crippen LogP contribution in [0.3, 0.4) is 0 Å². The summed E-state index contributed by atoms with van der Waals surface area (Å²) in [6, 6.07) is 5.00. The second-order valence-electron chi connectivity index (χ2n) is 6.45. The maximum Gasteiger partial charge on any atom is 0.422 e. The fourth-order valence-electron chi connectivity index (χ4n) is 2.61. The first-order valence-corrected chi connectivity index (χ1v) is 9.15. The lowest BCUT2D eigenvalue weighted by Crippen LogP contribution is -2.22. The van der Waals surface area contributed by atoms with Gasteiger partial charge in [0.15, 0.2) is 6.61 Å². The Kier molecular flexibility index (Phi) is 6.49. The van der Waals surface area contributed by atoms with E-state index in [0.29, 0.717) is 6.07 Å². The first kappa shape index (κ1) is 23.2. The molecule has 168 valence electrons. The SMILES string of the molecule is Cc1nc(-c2cc(OCC(F)(F)F)c(C(=O)Nc3c(F)cccc3Cl)cc2F)cnc1O. The van der Waals surface area contributed by atoms with Gasteiger partial charge in [0.2, 0.25) is 5.88 Å². The lowest BCUT2D eigenvalue weighted by Gasteiger charge is -2.16. The molecule has 3 rings (SSSR count). The quantitative estimate of drug-likeness (QED) is 0.492. The number of aryl methyl sites for hydroxylation is 1. The first-order valence-electron chi connectivity index (χ1n) is 8.77. The van der Waals surface area contributed by atoms with Gasteiger partial charge in [0.05, 0.1) is 33.9 Å². The molecule has 0 aliphatic heterocycles. The summed E-state index contributed by atoms with van der Waals surface area (Å²) < 4.78 is 71.6. The normalized spacial score (nSPS) is 11.3. The molecule has 0 radical (unpaired) electrons. The van der Waals surface area contributed by atoms with Gasteiger partial charge in [-0.15, -0.1) is 0 Å². The summed E-state index contributed by atoms with van der Waals surface area (Å²) in [6.07, 6.45) is -3.76. The highest BCUT2D eigenvalue weighted by molar-refractivity contribution is 6.34. The number of nitrogens with one attached hydrogen (secondary N) is 1. The third-order valence-corrected chi connectivity index (χ3v) is 4.42. The van der Waals surface area contributed by atoms with Crippen LogP contribution in [0.4, 0.5) is 27.6 Å². The molecule has 0 saturated heterocycles. The third-order valence-electron chi connectivity index (χ3n) is 4.10. The van der Waals surface area contributed by atoms with Crippen molar-refractivity contribution in [3.63, 3.8) is 0 Å². The lowest BCUT2D eigenvalue weighted by molar-refractivity contribution is -0.153. The second-order valence-corrected chi connectivity index (χ2v) is 6.85. The number of para-hydroxylation sites is 1.